The van der Waals surface area contributed by atoms with Crippen LogP contribution in [0.3, 0.4) is 0 Å². The van der Waals surface area contributed by atoms with E-state index in [9.17, 15) is 4.79 Å². The molecule has 1 aromatic carbocycles. The van der Waals surface area contributed by atoms with Gasteiger partial charge >= 0.3 is 0 Å². The van der Waals surface area contributed by atoms with Crippen LogP contribution < -0.4 is 5.32 Å². The first-order chi connectivity index (χ1) is 11.2. The van der Waals surface area contributed by atoms with Gasteiger partial charge in [-0.25, -0.2) is 0 Å². The van der Waals surface area contributed by atoms with Crippen LogP contribution in [0.4, 0.5) is 0 Å². The molecule has 0 saturated carbocycles. The number of amides is 1. The molecule has 1 aromatic rings. The van der Waals surface area contributed by atoms with Crippen LogP contribution in [0.1, 0.15) is 43.2 Å². The zero-order valence-electron chi connectivity index (χ0n) is 14.5. The molecule has 23 heavy (non-hydrogen) atoms. The summed E-state index contributed by atoms with van der Waals surface area (Å²) in [6.45, 7) is 3.97. The van der Waals surface area contributed by atoms with Gasteiger partial charge in [-0.1, -0.05) is 42.7 Å². The summed E-state index contributed by atoms with van der Waals surface area (Å²) < 4.78 is 0. The molecule has 1 saturated heterocycles. The molecule has 1 fully saturated rings. The van der Waals surface area contributed by atoms with E-state index in [1.165, 1.54) is 30.4 Å². The maximum atomic E-state index is 12.3. The van der Waals surface area contributed by atoms with Gasteiger partial charge in [0.15, 0.2) is 0 Å². The van der Waals surface area contributed by atoms with Gasteiger partial charge in [0, 0.05) is 12.3 Å². The predicted molar refractivity (Wildman–Crippen MR) is 99.9 cm³/mol. The van der Waals surface area contributed by atoms with E-state index in [-0.39, 0.29) is 11.9 Å². The van der Waals surface area contributed by atoms with E-state index < -0.39 is 0 Å². The molecule has 1 atom stereocenters. The number of rotatable bonds is 7. The number of thioether (sulfide) groups is 1. The number of nitrogens with one attached hydrogen (secondary N) is 1. The SMILES string of the molecule is Cc1cccc(CSCCCNC(=O)C2CCCCCN2C)c1. The fourth-order valence-electron chi connectivity index (χ4n) is 3.08. The van der Waals surface area contributed by atoms with E-state index in [0.29, 0.717) is 0 Å². The van der Waals surface area contributed by atoms with Crippen molar-refractivity contribution in [3.8, 4) is 0 Å². The summed E-state index contributed by atoms with van der Waals surface area (Å²) in [6.07, 6.45) is 5.69. The number of carbonyl (C=O) groups is 1. The zero-order chi connectivity index (χ0) is 16.5. The van der Waals surface area contributed by atoms with Gasteiger partial charge in [-0.2, -0.15) is 11.8 Å². The molecule has 0 aromatic heterocycles. The second kappa shape index (κ2) is 9.99. The molecule has 1 aliphatic heterocycles. The van der Waals surface area contributed by atoms with E-state index in [1.807, 2.05) is 11.8 Å². The first-order valence-corrected chi connectivity index (χ1v) is 9.93. The van der Waals surface area contributed by atoms with Crippen LogP contribution in [0.15, 0.2) is 24.3 Å². The number of likely N-dealkylation sites (N-methyl/N-ethyl adjacent to an activating group) is 1. The first kappa shape index (κ1) is 18.3. The molecule has 0 radical (unpaired) electrons. The Bertz CT molecular complexity index is 492. The Morgan fingerprint density at radius 2 is 2.22 bits per heavy atom. The third kappa shape index (κ3) is 6.56. The van der Waals surface area contributed by atoms with Gasteiger partial charge in [0.05, 0.1) is 6.04 Å². The quantitative estimate of drug-likeness (QED) is 0.773. The number of nitrogens with zero attached hydrogens (tertiary/aromatic N) is 1. The molecule has 1 N–H and O–H groups in total. The fourth-order valence-corrected chi connectivity index (χ4v) is 3.99. The Labute approximate surface area is 145 Å². The lowest BCUT2D eigenvalue weighted by Gasteiger charge is -2.24. The van der Waals surface area contributed by atoms with Gasteiger partial charge in [0.2, 0.25) is 5.91 Å². The van der Waals surface area contributed by atoms with Crippen molar-refractivity contribution in [2.45, 2.75) is 50.8 Å². The predicted octanol–water partition coefficient (Wildman–Crippen LogP) is 3.61. The molecule has 0 bridgehead atoms. The fraction of sp³-hybridized carbons (Fsp3) is 0.632. The molecule has 3 nitrogen and oxygen atoms in total. The molecule has 1 amide bonds. The van der Waals surface area contributed by atoms with Gasteiger partial charge in [-0.05, 0) is 51.1 Å². The molecule has 128 valence electrons. The van der Waals surface area contributed by atoms with Crippen LogP contribution in [0.25, 0.3) is 0 Å². The second-order valence-corrected chi connectivity index (χ2v) is 7.64. The largest absolute Gasteiger partial charge is 0.355 e. The maximum Gasteiger partial charge on any atom is 0.237 e. The number of aryl methyl sites for hydroxylation is 1. The molecule has 0 spiro atoms. The van der Waals surface area contributed by atoms with E-state index in [0.717, 1.165) is 37.4 Å². The maximum absolute atomic E-state index is 12.3. The van der Waals surface area contributed by atoms with Crippen molar-refractivity contribution < 1.29 is 4.79 Å². The highest BCUT2D eigenvalue weighted by Crippen LogP contribution is 2.16. The van der Waals surface area contributed by atoms with E-state index in [2.05, 4.69) is 48.5 Å². The summed E-state index contributed by atoms with van der Waals surface area (Å²) in [7, 11) is 2.08. The van der Waals surface area contributed by atoms with Crippen molar-refractivity contribution in [3.63, 3.8) is 0 Å². The van der Waals surface area contributed by atoms with Gasteiger partial charge in [0.25, 0.3) is 0 Å². The summed E-state index contributed by atoms with van der Waals surface area (Å²) in [5.41, 5.74) is 2.71. The van der Waals surface area contributed by atoms with Crippen molar-refractivity contribution in [2.75, 3.05) is 25.9 Å². The summed E-state index contributed by atoms with van der Waals surface area (Å²) in [6, 6.07) is 8.76. The van der Waals surface area contributed by atoms with Crippen LogP contribution in [-0.2, 0) is 10.5 Å². The minimum Gasteiger partial charge on any atom is -0.355 e. The standard InChI is InChI=1S/C19H30N2OS/c1-16-8-6-9-17(14-16)15-23-13-7-11-20-19(22)18-10-4-3-5-12-21(18)2/h6,8-9,14,18H,3-5,7,10-13,15H2,1-2H3,(H,20,22). The summed E-state index contributed by atoms with van der Waals surface area (Å²) in [5.74, 6) is 2.37. The minimum atomic E-state index is 0.0810. The van der Waals surface area contributed by atoms with E-state index >= 15 is 0 Å². The third-order valence-electron chi connectivity index (χ3n) is 4.44. The number of carbonyl (C=O) groups excluding carboxylic acids is 1. The highest BCUT2D eigenvalue weighted by atomic mass is 32.2. The molecule has 1 heterocycles. The highest BCUT2D eigenvalue weighted by molar-refractivity contribution is 7.98. The topological polar surface area (TPSA) is 32.3 Å². The average molecular weight is 335 g/mol. The lowest BCUT2D eigenvalue weighted by molar-refractivity contribution is -0.126. The summed E-state index contributed by atoms with van der Waals surface area (Å²) in [5, 5.41) is 3.12. The summed E-state index contributed by atoms with van der Waals surface area (Å²) in [4.78, 5) is 14.5. The van der Waals surface area contributed by atoms with E-state index in [4.69, 9.17) is 0 Å². The van der Waals surface area contributed by atoms with Crippen molar-refractivity contribution in [3.05, 3.63) is 35.4 Å². The van der Waals surface area contributed by atoms with Crippen molar-refractivity contribution in [1.82, 2.24) is 10.2 Å². The van der Waals surface area contributed by atoms with Crippen molar-refractivity contribution in [1.29, 1.82) is 0 Å². The minimum absolute atomic E-state index is 0.0810. The third-order valence-corrected chi connectivity index (χ3v) is 5.55. The van der Waals surface area contributed by atoms with Gasteiger partial charge < -0.3 is 5.32 Å². The number of hydrogen-bond acceptors (Lipinski definition) is 3. The smallest absolute Gasteiger partial charge is 0.237 e. The van der Waals surface area contributed by atoms with Crippen molar-refractivity contribution in [2.24, 2.45) is 0 Å². The molecule has 2 rings (SSSR count). The van der Waals surface area contributed by atoms with Crippen LogP contribution in [0.2, 0.25) is 0 Å². The Hall–Kier alpha value is -1.00. The molecule has 0 aliphatic carbocycles. The van der Waals surface area contributed by atoms with Gasteiger partial charge in [0.1, 0.15) is 0 Å². The van der Waals surface area contributed by atoms with Crippen LogP contribution in [-0.4, -0.2) is 42.7 Å². The van der Waals surface area contributed by atoms with Gasteiger partial charge in [-0.3, -0.25) is 9.69 Å². The molecule has 1 unspecified atom stereocenters. The highest BCUT2D eigenvalue weighted by Gasteiger charge is 2.23. The average Bonchev–Trinajstić information content (AvgIpc) is 2.75. The Morgan fingerprint density at radius 3 is 3.04 bits per heavy atom. The molecular formula is C19H30N2OS. The van der Waals surface area contributed by atoms with Gasteiger partial charge in [-0.15, -0.1) is 0 Å². The normalized spacial score (nSPS) is 19.3. The number of hydrogen-bond donors (Lipinski definition) is 1. The molecule has 1 aliphatic rings. The molecular weight excluding hydrogens is 304 g/mol. The Balaban J connectivity index is 1.58. The summed E-state index contributed by atoms with van der Waals surface area (Å²) >= 11 is 1.94. The van der Waals surface area contributed by atoms with Crippen LogP contribution in [0, 0.1) is 6.92 Å². The van der Waals surface area contributed by atoms with Crippen LogP contribution in [0.5, 0.6) is 0 Å². The van der Waals surface area contributed by atoms with Crippen molar-refractivity contribution >= 4 is 17.7 Å². The lowest BCUT2D eigenvalue weighted by Crippen LogP contribution is -2.45. The number of likely N-dealkylation sites (tertiary alicyclic amines) is 1. The lowest BCUT2D eigenvalue weighted by atomic mass is 10.1. The molecule has 4 heteroatoms. The monoisotopic (exact) mass is 334 g/mol. The zero-order valence-corrected chi connectivity index (χ0v) is 15.3. The Kier molecular flexibility index (Phi) is 7.96. The second-order valence-electron chi connectivity index (χ2n) is 6.53. The Morgan fingerprint density at radius 1 is 1.35 bits per heavy atom. The number of benzene rings is 1. The van der Waals surface area contributed by atoms with Crippen LogP contribution >= 0.6 is 11.8 Å². The van der Waals surface area contributed by atoms with E-state index in [1.54, 1.807) is 0 Å². The first-order valence-electron chi connectivity index (χ1n) is 8.78.